The number of nitrogens with one attached hydrogen (secondary N) is 1. The zero-order valence-electron chi connectivity index (χ0n) is 11.4. The second-order valence-electron chi connectivity index (χ2n) is 4.19. The van der Waals surface area contributed by atoms with Crippen LogP contribution in [0.3, 0.4) is 0 Å². The van der Waals surface area contributed by atoms with E-state index >= 15 is 0 Å². The second-order valence-corrected chi connectivity index (χ2v) is 4.19. The highest BCUT2D eigenvalue weighted by atomic mass is 19.3. The van der Waals surface area contributed by atoms with Gasteiger partial charge in [-0.2, -0.15) is 8.78 Å². The Morgan fingerprint density at radius 3 is 2.42 bits per heavy atom. The van der Waals surface area contributed by atoms with E-state index in [4.69, 9.17) is 4.74 Å². The molecule has 3 nitrogen and oxygen atoms in total. The van der Waals surface area contributed by atoms with E-state index in [2.05, 4.69) is 10.1 Å². The van der Waals surface area contributed by atoms with Gasteiger partial charge in [0.05, 0.1) is 0 Å². The summed E-state index contributed by atoms with van der Waals surface area (Å²) < 4.78 is 33.5. The Hall–Kier alpha value is -1.20. The maximum absolute atomic E-state index is 12.1. The molecule has 1 unspecified atom stereocenters. The lowest BCUT2D eigenvalue weighted by atomic mass is 10.0. The van der Waals surface area contributed by atoms with Crippen molar-refractivity contribution in [1.29, 1.82) is 0 Å². The minimum atomic E-state index is -2.78. The van der Waals surface area contributed by atoms with Gasteiger partial charge in [0.15, 0.2) is 0 Å². The van der Waals surface area contributed by atoms with Crippen LogP contribution in [0.15, 0.2) is 24.3 Å². The fraction of sp³-hybridized carbons (Fsp3) is 0.571. The van der Waals surface area contributed by atoms with Gasteiger partial charge in [0.25, 0.3) is 0 Å². The molecular formula is C14H21F2NO2. The van der Waals surface area contributed by atoms with Crippen molar-refractivity contribution in [3.8, 4) is 5.75 Å². The van der Waals surface area contributed by atoms with E-state index in [1.807, 2.05) is 19.1 Å². The molecule has 0 fully saturated rings. The van der Waals surface area contributed by atoms with Crippen molar-refractivity contribution >= 4 is 0 Å². The van der Waals surface area contributed by atoms with Crippen LogP contribution in [-0.2, 0) is 4.74 Å². The topological polar surface area (TPSA) is 30.5 Å². The number of benzene rings is 1. The normalized spacial score (nSPS) is 12.7. The zero-order chi connectivity index (χ0) is 14.1. The van der Waals surface area contributed by atoms with Crippen molar-refractivity contribution in [2.75, 3.05) is 20.3 Å². The molecule has 19 heavy (non-hydrogen) atoms. The van der Waals surface area contributed by atoms with Crippen molar-refractivity contribution in [3.63, 3.8) is 0 Å². The van der Waals surface area contributed by atoms with E-state index in [0.29, 0.717) is 6.61 Å². The highest BCUT2D eigenvalue weighted by molar-refractivity contribution is 5.29. The lowest BCUT2D eigenvalue weighted by Crippen LogP contribution is -2.21. The Bertz CT molecular complexity index is 344. The summed E-state index contributed by atoms with van der Waals surface area (Å²) in [6, 6.07) is 6.99. The summed E-state index contributed by atoms with van der Waals surface area (Å²) in [4.78, 5) is 0. The van der Waals surface area contributed by atoms with Crippen molar-refractivity contribution in [2.24, 2.45) is 0 Å². The molecular weight excluding hydrogens is 252 g/mol. The second kappa shape index (κ2) is 8.82. The van der Waals surface area contributed by atoms with Crippen molar-refractivity contribution in [2.45, 2.75) is 32.4 Å². The quantitative estimate of drug-likeness (QED) is 0.700. The molecule has 0 radical (unpaired) electrons. The number of alkyl halides is 2. The smallest absolute Gasteiger partial charge is 0.387 e. The van der Waals surface area contributed by atoms with Crippen LogP contribution in [0, 0.1) is 0 Å². The Labute approximate surface area is 112 Å². The van der Waals surface area contributed by atoms with Crippen LogP contribution in [0.2, 0.25) is 0 Å². The first kappa shape index (κ1) is 15.9. The Kier molecular flexibility index (Phi) is 7.36. The van der Waals surface area contributed by atoms with E-state index in [1.165, 1.54) is 0 Å². The summed E-state index contributed by atoms with van der Waals surface area (Å²) in [6.07, 6.45) is 1.89. The molecule has 5 heteroatoms. The van der Waals surface area contributed by atoms with Gasteiger partial charge in [0.1, 0.15) is 5.75 Å². The molecule has 0 saturated heterocycles. The van der Waals surface area contributed by atoms with Crippen molar-refractivity contribution in [3.05, 3.63) is 29.8 Å². The first-order valence-corrected chi connectivity index (χ1v) is 6.44. The summed E-state index contributed by atoms with van der Waals surface area (Å²) in [5, 5.41) is 3.37. The van der Waals surface area contributed by atoms with Crippen molar-refractivity contribution < 1.29 is 18.3 Å². The summed E-state index contributed by atoms with van der Waals surface area (Å²) in [5.74, 6) is 0.186. The maximum Gasteiger partial charge on any atom is 0.387 e. The largest absolute Gasteiger partial charge is 0.435 e. The number of ether oxygens (including phenoxy) is 2. The predicted molar refractivity (Wildman–Crippen MR) is 70.6 cm³/mol. The zero-order valence-corrected chi connectivity index (χ0v) is 11.4. The number of methoxy groups -OCH3 is 1. The third kappa shape index (κ3) is 5.98. The van der Waals surface area contributed by atoms with Gasteiger partial charge in [-0.05, 0) is 37.1 Å². The van der Waals surface area contributed by atoms with E-state index in [9.17, 15) is 8.78 Å². The molecule has 1 N–H and O–H groups in total. The van der Waals surface area contributed by atoms with Crippen molar-refractivity contribution in [1.82, 2.24) is 5.32 Å². The van der Waals surface area contributed by atoms with Crippen LogP contribution < -0.4 is 10.1 Å². The monoisotopic (exact) mass is 273 g/mol. The highest BCUT2D eigenvalue weighted by Crippen LogP contribution is 2.22. The number of hydrogen-bond donors (Lipinski definition) is 1. The minimum absolute atomic E-state index is 0.186. The van der Waals surface area contributed by atoms with E-state index < -0.39 is 6.61 Å². The SMILES string of the molecule is CCNC(CCCOC)c1ccc(OC(F)F)cc1. The Morgan fingerprint density at radius 2 is 1.89 bits per heavy atom. The summed E-state index contributed by atoms with van der Waals surface area (Å²) in [6.45, 7) is 0.830. The Morgan fingerprint density at radius 1 is 1.21 bits per heavy atom. The van der Waals surface area contributed by atoms with E-state index in [0.717, 1.165) is 24.9 Å². The van der Waals surface area contributed by atoms with Crippen LogP contribution >= 0.6 is 0 Å². The molecule has 0 amide bonds. The number of hydrogen-bond acceptors (Lipinski definition) is 3. The molecule has 0 saturated carbocycles. The van der Waals surface area contributed by atoms with Gasteiger partial charge >= 0.3 is 6.61 Å². The van der Waals surface area contributed by atoms with Crippen LogP contribution in [0.1, 0.15) is 31.4 Å². The summed E-state index contributed by atoms with van der Waals surface area (Å²) in [5.41, 5.74) is 1.07. The van der Waals surface area contributed by atoms with Crippen LogP contribution in [-0.4, -0.2) is 26.9 Å². The number of halogens is 2. The molecule has 0 heterocycles. The molecule has 0 aliphatic carbocycles. The maximum atomic E-state index is 12.1. The first-order valence-electron chi connectivity index (χ1n) is 6.44. The number of rotatable bonds is 9. The van der Waals surface area contributed by atoms with Crippen LogP contribution in [0.25, 0.3) is 0 Å². The molecule has 0 spiro atoms. The van der Waals surface area contributed by atoms with Gasteiger partial charge in [-0.25, -0.2) is 0 Å². The Balaban J connectivity index is 2.62. The van der Waals surface area contributed by atoms with Gasteiger partial charge in [-0.15, -0.1) is 0 Å². The van der Waals surface area contributed by atoms with E-state index in [-0.39, 0.29) is 11.8 Å². The van der Waals surface area contributed by atoms with Gasteiger partial charge in [-0.1, -0.05) is 19.1 Å². The molecule has 0 aliphatic heterocycles. The fourth-order valence-corrected chi connectivity index (χ4v) is 1.95. The fourth-order valence-electron chi connectivity index (χ4n) is 1.95. The molecule has 0 aromatic heterocycles. The molecule has 1 atom stereocenters. The average molecular weight is 273 g/mol. The molecule has 0 bridgehead atoms. The predicted octanol–water partition coefficient (Wildman–Crippen LogP) is 3.37. The van der Waals surface area contributed by atoms with Gasteiger partial charge in [0, 0.05) is 19.8 Å². The van der Waals surface area contributed by atoms with Crippen LogP contribution in [0.4, 0.5) is 8.78 Å². The molecule has 1 aromatic rings. The first-order chi connectivity index (χ1) is 9.17. The summed E-state index contributed by atoms with van der Waals surface area (Å²) in [7, 11) is 1.68. The molecule has 1 aromatic carbocycles. The highest BCUT2D eigenvalue weighted by Gasteiger charge is 2.11. The molecule has 108 valence electrons. The van der Waals surface area contributed by atoms with Gasteiger partial charge in [0.2, 0.25) is 0 Å². The third-order valence-electron chi connectivity index (χ3n) is 2.80. The van der Waals surface area contributed by atoms with Crippen LogP contribution in [0.5, 0.6) is 5.75 Å². The molecule has 1 rings (SSSR count). The minimum Gasteiger partial charge on any atom is -0.435 e. The van der Waals surface area contributed by atoms with E-state index in [1.54, 1.807) is 19.2 Å². The average Bonchev–Trinajstić information content (AvgIpc) is 2.38. The summed E-state index contributed by atoms with van der Waals surface area (Å²) >= 11 is 0. The van der Waals surface area contributed by atoms with Gasteiger partial charge < -0.3 is 14.8 Å². The third-order valence-corrected chi connectivity index (χ3v) is 2.80. The molecule has 0 aliphatic rings. The lowest BCUT2D eigenvalue weighted by molar-refractivity contribution is -0.0498. The standard InChI is InChI=1S/C14H21F2NO2/c1-3-17-13(5-4-10-18-2)11-6-8-12(9-7-11)19-14(15)16/h6-9,13-14,17H,3-5,10H2,1-2H3. The lowest BCUT2D eigenvalue weighted by Gasteiger charge is -2.18. The van der Waals surface area contributed by atoms with Gasteiger partial charge in [-0.3, -0.25) is 0 Å².